The van der Waals surface area contributed by atoms with Gasteiger partial charge in [0, 0.05) is 19.3 Å². The Morgan fingerprint density at radius 3 is 2.56 bits per heavy atom. The Morgan fingerprint density at radius 1 is 1.11 bits per heavy atom. The molecule has 0 heterocycles. The largest absolute Gasteiger partial charge is 0.508 e. The number of carbonyl (C=O) groups is 2. The van der Waals surface area contributed by atoms with Gasteiger partial charge in [-0.1, -0.05) is 41.1 Å². The first-order chi connectivity index (χ1) is 17.2. The number of anilines is 3. The van der Waals surface area contributed by atoms with Gasteiger partial charge < -0.3 is 20.9 Å². The van der Waals surface area contributed by atoms with Crippen LogP contribution in [0.1, 0.15) is 31.4 Å². The van der Waals surface area contributed by atoms with Crippen LogP contribution in [0.15, 0.2) is 83.4 Å². The molecule has 0 unspecified atom stereocenters. The molecular weight excluding hydrogens is 637 g/mol. The molecule has 0 fully saturated rings. The number of phenolic OH excluding ortho intramolecular Hbond substituents is 1. The van der Waals surface area contributed by atoms with Gasteiger partial charge >= 0.3 is 6.09 Å². The van der Waals surface area contributed by atoms with Gasteiger partial charge in [0.1, 0.15) is 11.9 Å². The lowest BCUT2D eigenvalue weighted by atomic mass is 9.92. The van der Waals surface area contributed by atoms with Gasteiger partial charge in [-0.2, -0.15) is 0 Å². The third-order valence-electron chi connectivity index (χ3n) is 5.41. The van der Waals surface area contributed by atoms with Crippen molar-refractivity contribution in [2.45, 2.75) is 25.9 Å². The Balaban J connectivity index is 1.65. The maximum Gasteiger partial charge on any atom is 0.412 e. The number of carbonyl (C=O) groups excluding carboxylic acids is 2. The molecule has 0 radical (unpaired) electrons. The minimum atomic E-state index is -0.693. The zero-order chi connectivity index (χ0) is 26.1. The van der Waals surface area contributed by atoms with E-state index in [9.17, 15) is 14.7 Å². The lowest BCUT2D eigenvalue weighted by molar-refractivity contribution is -0.111. The maximum atomic E-state index is 12.7. The van der Waals surface area contributed by atoms with E-state index in [0.717, 1.165) is 8.04 Å². The number of aromatic hydroxyl groups is 1. The molecule has 5 N–H and O–H groups in total. The molecule has 0 saturated heterocycles. The lowest BCUT2D eigenvalue weighted by Crippen LogP contribution is -2.22. The molecule has 3 rings (SSSR count). The quantitative estimate of drug-likeness (QED) is 0.109. The number of benzene rings is 3. The molecule has 3 aromatic carbocycles. The minimum Gasteiger partial charge on any atom is -0.508 e. The van der Waals surface area contributed by atoms with Crippen LogP contribution in [0.25, 0.3) is 0 Å². The predicted octanol–water partition coefficient (Wildman–Crippen LogP) is 7.24. The molecule has 0 aromatic heterocycles. The monoisotopic (exact) mass is 663 g/mol. The summed E-state index contributed by atoms with van der Waals surface area (Å²) in [6.07, 6.45) is 3.08. The highest BCUT2D eigenvalue weighted by Gasteiger charge is 2.26. The molecule has 7 nitrogen and oxygen atoms in total. The molecule has 36 heavy (non-hydrogen) atoms. The molecule has 0 aliphatic rings. The van der Waals surface area contributed by atoms with Gasteiger partial charge in [0.2, 0.25) is 5.91 Å². The van der Waals surface area contributed by atoms with E-state index < -0.39 is 12.2 Å². The molecule has 9 heteroatoms. The van der Waals surface area contributed by atoms with Crippen LogP contribution in [0.5, 0.6) is 5.75 Å². The standard InChI is InChI=1S/C27H27BrIN3O4/c1-17(6-2-5-9-25(34)32-23-8-4-3-7-22(23)30)26(21-16-19(29)12-15-24(21)33)36-27(35)31-20-13-10-18(28)11-14-20/h3-5,7-17,26,33H,2,6,30H2,1H3,(H,31,35)(H,32,34)/b9-5+/t17-,26-/m1/s1. The molecule has 3 aromatic rings. The van der Waals surface area contributed by atoms with Gasteiger partial charge in [0.05, 0.1) is 11.4 Å². The fourth-order valence-electron chi connectivity index (χ4n) is 3.52. The molecule has 0 aliphatic carbocycles. The Morgan fingerprint density at radius 2 is 1.83 bits per heavy atom. The van der Waals surface area contributed by atoms with E-state index in [2.05, 4.69) is 49.2 Å². The van der Waals surface area contributed by atoms with Crippen LogP contribution in [-0.2, 0) is 9.53 Å². The highest BCUT2D eigenvalue weighted by atomic mass is 127. The number of hydrogen-bond acceptors (Lipinski definition) is 5. The second-order valence-corrected chi connectivity index (χ2v) is 10.4. The number of hydrogen-bond donors (Lipinski definition) is 4. The Hall–Kier alpha value is -3.05. The first-order valence-electron chi connectivity index (χ1n) is 11.3. The average Bonchev–Trinajstić information content (AvgIpc) is 2.85. The van der Waals surface area contributed by atoms with Crippen molar-refractivity contribution in [1.82, 2.24) is 0 Å². The topological polar surface area (TPSA) is 114 Å². The highest BCUT2D eigenvalue weighted by molar-refractivity contribution is 14.1. The van der Waals surface area contributed by atoms with Gasteiger partial charge in [-0.15, -0.1) is 0 Å². The number of nitrogen functional groups attached to an aromatic ring is 1. The molecule has 0 spiro atoms. The zero-order valence-corrected chi connectivity index (χ0v) is 23.3. The Labute approximate surface area is 232 Å². The van der Waals surface area contributed by atoms with E-state index in [1.165, 1.54) is 6.08 Å². The van der Waals surface area contributed by atoms with Crippen molar-refractivity contribution in [1.29, 1.82) is 0 Å². The Bertz CT molecular complexity index is 1230. The summed E-state index contributed by atoms with van der Waals surface area (Å²) in [6, 6.07) is 19.4. The van der Waals surface area contributed by atoms with Gasteiger partial charge in [-0.25, -0.2) is 4.79 Å². The molecule has 2 amide bonds. The number of nitrogens with two attached hydrogens (primary N) is 1. The number of para-hydroxylation sites is 2. The van der Waals surface area contributed by atoms with E-state index in [1.807, 2.05) is 19.1 Å². The normalized spacial score (nSPS) is 12.6. The molecule has 0 aliphatic heterocycles. The van der Waals surface area contributed by atoms with Crippen LogP contribution in [-0.4, -0.2) is 17.1 Å². The summed E-state index contributed by atoms with van der Waals surface area (Å²) in [7, 11) is 0. The first kappa shape index (κ1) is 27.5. The third kappa shape index (κ3) is 8.27. The summed E-state index contributed by atoms with van der Waals surface area (Å²) in [5, 5.41) is 16.0. The summed E-state index contributed by atoms with van der Waals surface area (Å²) in [5.41, 5.74) is 8.03. The van der Waals surface area contributed by atoms with Gasteiger partial charge in [0.25, 0.3) is 0 Å². The van der Waals surface area contributed by atoms with Crippen molar-refractivity contribution in [3.05, 3.63) is 92.5 Å². The number of phenols is 1. The van der Waals surface area contributed by atoms with Crippen LogP contribution in [0.2, 0.25) is 0 Å². The number of halogens is 2. The van der Waals surface area contributed by atoms with E-state index in [-0.39, 0.29) is 17.6 Å². The fraction of sp³-hybridized carbons (Fsp3) is 0.185. The number of rotatable bonds is 9. The maximum absolute atomic E-state index is 12.7. The van der Waals surface area contributed by atoms with Crippen molar-refractivity contribution in [2.24, 2.45) is 5.92 Å². The van der Waals surface area contributed by atoms with Crippen molar-refractivity contribution < 1.29 is 19.4 Å². The molecule has 0 bridgehead atoms. The number of amides is 2. The minimum absolute atomic E-state index is 0.0547. The van der Waals surface area contributed by atoms with Crippen LogP contribution in [0.3, 0.4) is 0 Å². The SMILES string of the molecule is C[C@H](CC/C=C/C(=O)Nc1ccccc1N)[C@@H](OC(=O)Nc1ccc(Br)cc1)c1cc(I)ccc1O. The molecule has 2 atom stereocenters. The van der Waals surface area contributed by atoms with E-state index in [0.29, 0.717) is 35.5 Å². The lowest BCUT2D eigenvalue weighted by Gasteiger charge is -2.25. The summed E-state index contributed by atoms with van der Waals surface area (Å²) in [6.45, 7) is 1.94. The fourth-order valence-corrected chi connectivity index (χ4v) is 4.30. The average molecular weight is 664 g/mol. The van der Waals surface area contributed by atoms with Crippen LogP contribution < -0.4 is 16.4 Å². The molecular formula is C27H27BrIN3O4. The Kier molecular flexibility index (Phi) is 10.2. The summed E-state index contributed by atoms with van der Waals surface area (Å²) >= 11 is 5.52. The predicted molar refractivity (Wildman–Crippen MR) is 155 cm³/mol. The van der Waals surface area contributed by atoms with Crippen molar-refractivity contribution in [3.63, 3.8) is 0 Å². The van der Waals surface area contributed by atoms with Gasteiger partial charge in [0.15, 0.2) is 0 Å². The summed E-state index contributed by atoms with van der Waals surface area (Å²) in [5.74, 6) is -0.376. The summed E-state index contributed by atoms with van der Waals surface area (Å²) < 4.78 is 7.60. The van der Waals surface area contributed by atoms with Gasteiger partial charge in [-0.3, -0.25) is 10.1 Å². The van der Waals surface area contributed by atoms with E-state index in [1.54, 1.807) is 60.7 Å². The van der Waals surface area contributed by atoms with Crippen molar-refractivity contribution in [3.8, 4) is 5.75 Å². The number of nitrogens with one attached hydrogen (secondary N) is 2. The van der Waals surface area contributed by atoms with Crippen LogP contribution >= 0.6 is 38.5 Å². The zero-order valence-electron chi connectivity index (χ0n) is 19.6. The smallest absolute Gasteiger partial charge is 0.412 e. The van der Waals surface area contributed by atoms with Crippen molar-refractivity contribution in [2.75, 3.05) is 16.4 Å². The number of allylic oxidation sites excluding steroid dienone is 1. The van der Waals surface area contributed by atoms with E-state index in [4.69, 9.17) is 10.5 Å². The number of ether oxygens (including phenoxy) is 1. The second-order valence-electron chi connectivity index (χ2n) is 8.19. The molecule has 188 valence electrons. The first-order valence-corrected chi connectivity index (χ1v) is 13.1. The summed E-state index contributed by atoms with van der Waals surface area (Å²) in [4.78, 5) is 24.9. The van der Waals surface area contributed by atoms with Crippen molar-refractivity contribution >= 4 is 67.6 Å². The third-order valence-corrected chi connectivity index (χ3v) is 6.61. The van der Waals surface area contributed by atoms with Crippen LogP contribution in [0, 0.1) is 9.49 Å². The highest BCUT2D eigenvalue weighted by Crippen LogP contribution is 2.36. The van der Waals surface area contributed by atoms with Crippen LogP contribution in [0.4, 0.5) is 21.9 Å². The molecule has 0 saturated carbocycles. The van der Waals surface area contributed by atoms with Gasteiger partial charge in [-0.05, 0) is 102 Å². The second kappa shape index (κ2) is 13.3. The van der Waals surface area contributed by atoms with E-state index >= 15 is 0 Å².